The molecule has 0 aliphatic carbocycles. The number of ether oxygens (including phenoxy) is 1. The van der Waals surface area contributed by atoms with Crippen LogP contribution in [0.1, 0.15) is 18.9 Å². The molecule has 0 saturated carbocycles. The second-order valence-electron chi connectivity index (χ2n) is 5.23. The van der Waals surface area contributed by atoms with Crippen LogP contribution in [0.5, 0.6) is 5.75 Å². The van der Waals surface area contributed by atoms with Crippen LogP contribution < -0.4 is 10.5 Å². The number of hydrogen-bond donors (Lipinski definition) is 1. The van der Waals surface area contributed by atoms with E-state index in [1.54, 1.807) is 13.2 Å². The number of rotatable bonds is 4. The van der Waals surface area contributed by atoms with Gasteiger partial charge in [-0.15, -0.1) is 0 Å². The number of methoxy groups -OCH3 is 1. The van der Waals surface area contributed by atoms with E-state index >= 15 is 0 Å². The van der Waals surface area contributed by atoms with Gasteiger partial charge in [-0.05, 0) is 49.1 Å². The zero-order chi connectivity index (χ0) is 14.5. The molecule has 1 unspecified atom stereocenters. The van der Waals surface area contributed by atoms with E-state index in [1.807, 2.05) is 36.1 Å². The Hall–Kier alpha value is -1.81. The van der Waals surface area contributed by atoms with Crippen molar-refractivity contribution >= 4 is 11.5 Å². The van der Waals surface area contributed by atoms with Crippen molar-refractivity contribution in [2.24, 2.45) is 11.7 Å². The normalized spacial score (nSPS) is 19.2. The van der Waals surface area contributed by atoms with E-state index < -0.39 is 0 Å². The summed E-state index contributed by atoms with van der Waals surface area (Å²) >= 11 is 0. The maximum Gasteiger partial charge on any atom is 0.246 e. The highest BCUT2D eigenvalue weighted by molar-refractivity contribution is 5.95. The van der Waals surface area contributed by atoms with Crippen LogP contribution in [0.25, 0.3) is 5.57 Å². The number of carbonyl (C=O) groups excluding carboxylic acids is 1. The zero-order valence-corrected chi connectivity index (χ0v) is 12.1. The largest absolute Gasteiger partial charge is 0.497 e. The molecule has 2 rings (SSSR count). The van der Waals surface area contributed by atoms with Gasteiger partial charge in [0.15, 0.2) is 0 Å². The molecule has 0 bridgehead atoms. The fourth-order valence-electron chi connectivity index (χ4n) is 2.44. The third-order valence-corrected chi connectivity index (χ3v) is 3.82. The second kappa shape index (κ2) is 6.57. The van der Waals surface area contributed by atoms with E-state index in [9.17, 15) is 4.79 Å². The van der Waals surface area contributed by atoms with E-state index in [-0.39, 0.29) is 5.91 Å². The number of likely N-dealkylation sites (tertiary alicyclic amines) is 1. The number of amides is 1. The van der Waals surface area contributed by atoms with Gasteiger partial charge in [0.2, 0.25) is 5.91 Å². The van der Waals surface area contributed by atoms with Crippen LogP contribution in [0, 0.1) is 5.92 Å². The standard InChI is InChI=1S/C16H22N2O2/c1-12(14-3-5-15(20-2)6-4-14)9-16(19)18-8-7-13(10-17)11-18/h3-6,9,13H,7-8,10-11,17H2,1-2H3. The molecule has 0 radical (unpaired) electrons. The molecule has 1 amide bonds. The van der Waals surface area contributed by atoms with Crippen LogP contribution in [-0.4, -0.2) is 37.6 Å². The van der Waals surface area contributed by atoms with Gasteiger partial charge in [0.05, 0.1) is 7.11 Å². The Morgan fingerprint density at radius 3 is 2.70 bits per heavy atom. The SMILES string of the molecule is COc1ccc(C(C)=CC(=O)N2CCC(CN)C2)cc1. The van der Waals surface area contributed by atoms with E-state index in [2.05, 4.69) is 0 Å². The van der Waals surface area contributed by atoms with Gasteiger partial charge >= 0.3 is 0 Å². The Morgan fingerprint density at radius 1 is 1.45 bits per heavy atom. The fourth-order valence-corrected chi connectivity index (χ4v) is 2.44. The molecule has 2 N–H and O–H groups in total. The Labute approximate surface area is 120 Å². The van der Waals surface area contributed by atoms with Gasteiger partial charge < -0.3 is 15.4 Å². The average molecular weight is 274 g/mol. The molecule has 1 heterocycles. The van der Waals surface area contributed by atoms with Crippen LogP contribution in [0.15, 0.2) is 30.3 Å². The average Bonchev–Trinajstić information content (AvgIpc) is 2.96. The van der Waals surface area contributed by atoms with Crippen LogP contribution in [0.4, 0.5) is 0 Å². The second-order valence-corrected chi connectivity index (χ2v) is 5.23. The lowest BCUT2D eigenvalue weighted by atomic mass is 10.1. The molecule has 108 valence electrons. The first-order chi connectivity index (χ1) is 9.63. The van der Waals surface area contributed by atoms with Crippen molar-refractivity contribution in [3.8, 4) is 5.75 Å². The van der Waals surface area contributed by atoms with Crippen molar-refractivity contribution in [2.45, 2.75) is 13.3 Å². The van der Waals surface area contributed by atoms with Gasteiger partial charge in [-0.3, -0.25) is 4.79 Å². The van der Waals surface area contributed by atoms with Crippen molar-refractivity contribution < 1.29 is 9.53 Å². The summed E-state index contributed by atoms with van der Waals surface area (Å²) in [6.07, 6.45) is 2.72. The number of nitrogens with zero attached hydrogens (tertiary/aromatic N) is 1. The highest BCUT2D eigenvalue weighted by Gasteiger charge is 2.23. The molecule has 1 aliphatic rings. The molecule has 1 atom stereocenters. The van der Waals surface area contributed by atoms with Gasteiger partial charge in [-0.2, -0.15) is 0 Å². The Morgan fingerprint density at radius 2 is 2.15 bits per heavy atom. The third-order valence-electron chi connectivity index (χ3n) is 3.82. The molecule has 1 aliphatic heterocycles. The first-order valence-corrected chi connectivity index (χ1v) is 6.95. The van der Waals surface area contributed by atoms with Crippen molar-refractivity contribution in [1.82, 2.24) is 4.90 Å². The molecule has 1 aromatic carbocycles. The Kier molecular flexibility index (Phi) is 4.79. The Balaban J connectivity index is 2.03. The Bertz CT molecular complexity index is 494. The molecule has 4 nitrogen and oxygen atoms in total. The molecule has 1 saturated heterocycles. The maximum atomic E-state index is 12.2. The summed E-state index contributed by atoms with van der Waals surface area (Å²) < 4.78 is 5.13. The van der Waals surface area contributed by atoms with Gasteiger partial charge in [0, 0.05) is 19.2 Å². The predicted octanol–water partition coefficient (Wildman–Crippen LogP) is 1.91. The van der Waals surface area contributed by atoms with Gasteiger partial charge in [-0.1, -0.05) is 12.1 Å². The summed E-state index contributed by atoms with van der Waals surface area (Å²) in [4.78, 5) is 14.1. The highest BCUT2D eigenvalue weighted by atomic mass is 16.5. The number of allylic oxidation sites excluding steroid dienone is 1. The topological polar surface area (TPSA) is 55.6 Å². The summed E-state index contributed by atoms with van der Waals surface area (Å²) in [6.45, 7) is 4.20. The lowest BCUT2D eigenvalue weighted by Gasteiger charge is -2.14. The summed E-state index contributed by atoms with van der Waals surface area (Å²) in [5.74, 6) is 1.35. The van der Waals surface area contributed by atoms with E-state index in [0.717, 1.165) is 36.4 Å². The number of hydrogen-bond acceptors (Lipinski definition) is 3. The van der Waals surface area contributed by atoms with Gasteiger partial charge in [-0.25, -0.2) is 0 Å². The minimum atomic E-state index is 0.0780. The number of carbonyl (C=O) groups is 1. The smallest absolute Gasteiger partial charge is 0.246 e. The maximum absolute atomic E-state index is 12.2. The summed E-state index contributed by atoms with van der Waals surface area (Å²) in [7, 11) is 1.64. The van der Waals surface area contributed by atoms with Crippen molar-refractivity contribution in [3.63, 3.8) is 0 Å². The van der Waals surface area contributed by atoms with Crippen LogP contribution >= 0.6 is 0 Å². The molecule has 4 heteroatoms. The summed E-state index contributed by atoms with van der Waals surface area (Å²) in [5.41, 5.74) is 7.65. The minimum Gasteiger partial charge on any atom is -0.497 e. The van der Waals surface area contributed by atoms with Crippen molar-refractivity contribution in [1.29, 1.82) is 0 Å². The summed E-state index contributed by atoms with van der Waals surface area (Å²) in [6, 6.07) is 7.73. The van der Waals surface area contributed by atoms with E-state index in [4.69, 9.17) is 10.5 Å². The van der Waals surface area contributed by atoms with Gasteiger partial charge in [0.1, 0.15) is 5.75 Å². The van der Waals surface area contributed by atoms with Crippen molar-refractivity contribution in [2.75, 3.05) is 26.7 Å². The van der Waals surface area contributed by atoms with E-state index in [0.29, 0.717) is 12.5 Å². The number of benzene rings is 1. The summed E-state index contributed by atoms with van der Waals surface area (Å²) in [5, 5.41) is 0. The molecule has 20 heavy (non-hydrogen) atoms. The van der Waals surface area contributed by atoms with Crippen LogP contribution in [0.2, 0.25) is 0 Å². The molecule has 0 aromatic heterocycles. The molecular formula is C16H22N2O2. The van der Waals surface area contributed by atoms with Crippen molar-refractivity contribution in [3.05, 3.63) is 35.9 Å². The highest BCUT2D eigenvalue weighted by Crippen LogP contribution is 2.20. The molecule has 1 fully saturated rings. The predicted molar refractivity (Wildman–Crippen MR) is 80.4 cm³/mol. The monoisotopic (exact) mass is 274 g/mol. The first-order valence-electron chi connectivity index (χ1n) is 6.95. The van der Waals surface area contributed by atoms with E-state index in [1.165, 1.54) is 0 Å². The van der Waals surface area contributed by atoms with Gasteiger partial charge in [0.25, 0.3) is 0 Å². The van der Waals surface area contributed by atoms with Crippen LogP contribution in [-0.2, 0) is 4.79 Å². The van der Waals surface area contributed by atoms with Crippen LogP contribution in [0.3, 0.4) is 0 Å². The number of nitrogens with two attached hydrogens (primary N) is 1. The quantitative estimate of drug-likeness (QED) is 0.853. The lowest BCUT2D eigenvalue weighted by molar-refractivity contribution is -0.125. The molecule has 1 aromatic rings. The molecular weight excluding hydrogens is 252 g/mol. The first kappa shape index (κ1) is 14.6. The zero-order valence-electron chi connectivity index (χ0n) is 12.1. The fraction of sp³-hybridized carbons (Fsp3) is 0.438. The molecule has 0 spiro atoms. The third kappa shape index (κ3) is 3.39. The minimum absolute atomic E-state index is 0.0780. The lowest BCUT2D eigenvalue weighted by Crippen LogP contribution is -2.28.